The first-order valence-corrected chi connectivity index (χ1v) is 6.56. The lowest BCUT2D eigenvalue weighted by Gasteiger charge is -2.22. The third kappa shape index (κ3) is 3.62. The Balaban J connectivity index is 2.15. The van der Waals surface area contributed by atoms with E-state index in [9.17, 15) is 13.6 Å². The highest BCUT2D eigenvalue weighted by Crippen LogP contribution is 2.13. The van der Waals surface area contributed by atoms with E-state index in [1.165, 1.54) is 18.7 Å². The third-order valence-corrected chi connectivity index (χ3v) is 3.16. The molecule has 7 heteroatoms. The van der Waals surface area contributed by atoms with E-state index in [0.29, 0.717) is 6.54 Å². The van der Waals surface area contributed by atoms with Gasteiger partial charge in [-0.05, 0) is 18.1 Å². The van der Waals surface area contributed by atoms with Crippen LogP contribution in [-0.4, -0.2) is 26.7 Å². The van der Waals surface area contributed by atoms with Gasteiger partial charge in [0.05, 0.1) is 12.6 Å². The monoisotopic (exact) mass is 294 g/mol. The van der Waals surface area contributed by atoms with E-state index in [1.54, 1.807) is 4.68 Å². The molecule has 0 fully saturated rings. The summed E-state index contributed by atoms with van der Waals surface area (Å²) in [6.07, 6.45) is 2.90. The molecule has 1 heterocycles. The van der Waals surface area contributed by atoms with Gasteiger partial charge in [0, 0.05) is 0 Å². The van der Waals surface area contributed by atoms with Gasteiger partial charge in [0.2, 0.25) is 0 Å². The van der Waals surface area contributed by atoms with Gasteiger partial charge in [-0.3, -0.25) is 9.48 Å². The van der Waals surface area contributed by atoms with Crippen molar-refractivity contribution in [1.82, 2.24) is 20.1 Å². The fourth-order valence-corrected chi connectivity index (χ4v) is 1.91. The molecule has 1 amide bonds. The Kier molecular flexibility index (Phi) is 4.62. The average molecular weight is 294 g/mol. The molecular formula is C14H16F2N4O. The van der Waals surface area contributed by atoms with Gasteiger partial charge in [-0.2, -0.15) is 5.10 Å². The third-order valence-electron chi connectivity index (χ3n) is 3.16. The summed E-state index contributed by atoms with van der Waals surface area (Å²) in [5.74, 6) is -2.47. The molecule has 2 aromatic rings. The van der Waals surface area contributed by atoms with Crippen molar-refractivity contribution in [3.63, 3.8) is 0 Å². The maximum atomic E-state index is 13.6. The number of aromatic nitrogens is 3. The summed E-state index contributed by atoms with van der Waals surface area (Å²) in [4.78, 5) is 15.9. The molecule has 0 bridgehead atoms. The lowest BCUT2D eigenvalue weighted by atomic mass is 10.0. The van der Waals surface area contributed by atoms with Crippen LogP contribution < -0.4 is 5.32 Å². The number of hydrogen-bond donors (Lipinski definition) is 1. The number of halogens is 2. The van der Waals surface area contributed by atoms with Crippen molar-refractivity contribution >= 4 is 5.91 Å². The number of rotatable bonds is 5. The Morgan fingerprint density at radius 3 is 2.52 bits per heavy atom. The van der Waals surface area contributed by atoms with Gasteiger partial charge >= 0.3 is 0 Å². The highest BCUT2D eigenvalue weighted by Gasteiger charge is 2.22. The lowest BCUT2D eigenvalue weighted by molar-refractivity contribution is 0.0910. The molecule has 21 heavy (non-hydrogen) atoms. The molecule has 0 saturated carbocycles. The summed E-state index contributed by atoms with van der Waals surface area (Å²) in [6, 6.07) is 3.01. The second kappa shape index (κ2) is 6.43. The zero-order valence-corrected chi connectivity index (χ0v) is 11.8. The largest absolute Gasteiger partial charge is 0.347 e. The van der Waals surface area contributed by atoms with E-state index in [-0.39, 0.29) is 12.0 Å². The van der Waals surface area contributed by atoms with Crippen LogP contribution in [0.15, 0.2) is 30.9 Å². The second-order valence-corrected chi connectivity index (χ2v) is 5.04. The SMILES string of the molecule is CC(C)C(Cn1cncn1)NC(=O)c1c(F)cccc1F. The molecule has 0 aliphatic heterocycles. The van der Waals surface area contributed by atoms with Gasteiger partial charge in [-0.1, -0.05) is 19.9 Å². The lowest BCUT2D eigenvalue weighted by Crippen LogP contribution is -2.42. The van der Waals surface area contributed by atoms with Gasteiger partial charge in [0.15, 0.2) is 0 Å². The van der Waals surface area contributed by atoms with Crippen molar-refractivity contribution in [3.05, 3.63) is 48.1 Å². The van der Waals surface area contributed by atoms with Crippen molar-refractivity contribution in [1.29, 1.82) is 0 Å². The highest BCUT2D eigenvalue weighted by atomic mass is 19.1. The minimum absolute atomic E-state index is 0.0629. The molecule has 0 aliphatic carbocycles. The van der Waals surface area contributed by atoms with Gasteiger partial charge in [-0.15, -0.1) is 0 Å². The first-order chi connectivity index (χ1) is 9.99. The fourth-order valence-electron chi connectivity index (χ4n) is 1.91. The minimum atomic E-state index is -0.879. The average Bonchev–Trinajstić information content (AvgIpc) is 2.90. The number of amides is 1. The molecule has 0 radical (unpaired) electrons. The quantitative estimate of drug-likeness (QED) is 0.917. The van der Waals surface area contributed by atoms with Crippen LogP contribution in [0.2, 0.25) is 0 Å². The zero-order chi connectivity index (χ0) is 15.4. The van der Waals surface area contributed by atoms with Crippen LogP contribution in [0.25, 0.3) is 0 Å². The second-order valence-electron chi connectivity index (χ2n) is 5.04. The molecule has 1 unspecified atom stereocenters. The van der Waals surface area contributed by atoms with E-state index in [4.69, 9.17) is 0 Å². The summed E-state index contributed by atoms with van der Waals surface area (Å²) in [5, 5.41) is 6.60. The van der Waals surface area contributed by atoms with Crippen molar-refractivity contribution in [2.75, 3.05) is 0 Å². The summed E-state index contributed by atoms with van der Waals surface area (Å²) in [5.41, 5.74) is -0.568. The van der Waals surface area contributed by atoms with E-state index in [0.717, 1.165) is 12.1 Å². The van der Waals surface area contributed by atoms with Crippen LogP contribution in [0.3, 0.4) is 0 Å². The molecule has 1 aromatic heterocycles. The molecule has 1 aromatic carbocycles. The van der Waals surface area contributed by atoms with Crippen molar-refractivity contribution in [2.45, 2.75) is 26.4 Å². The Morgan fingerprint density at radius 1 is 1.33 bits per heavy atom. The minimum Gasteiger partial charge on any atom is -0.347 e. The van der Waals surface area contributed by atoms with Gasteiger partial charge < -0.3 is 5.32 Å². The van der Waals surface area contributed by atoms with Crippen LogP contribution in [0, 0.1) is 17.6 Å². The van der Waals surface area contributed by atoms with Crippen molar-refractivity contribution in [3.8, 4) is 0 Å². The summed E-state index contributed by atoms with van der Waals surface area (Å²) >= 11 is 0. The van der Waals surface area contributed by atoms with Crippen LogP contribution in [0.1, 0.15) is 24.2 Å². The predicted octanol–water partition coefficient (Wildman–Crippen LogP) is 2.01. The molecular weight excluding hydrogens is 278 g/mol. The predicted molar refractivity (Wildman–Crippen MR) is 72.5 cm³/mol. The first-order valence-electron chi connectivity index (χ1n) is 6.56. The van der Waals surface area contributed by atoms with Crippen molar-refractivity contribution in [2.24, 2.45) is 5.92 Å². The fraction of sp³-hybridized carbons (Fsp3) is 0.357. The molecule has 0 saturated heterocycles. The number of carbonyl (C=O) groups is 1. The number of benzene rings is 1. The first kappa shape index (κ1) is 15.1. The molecule has 1 N–H and O–H groups in total. The van der Waals surface area contributed by atoms with E-state index in [2.05, 4.69) is 15.4 Å². The molecule has 2 rings (SSSR count). The number of nitrogens with zero attached hydrogens (tertiary/aromatic N) is 3. The smallest absolute Gasteiger partial charge is 0.257 e. The van der Waals surface area contributed by atoms with Gasteiger partial charge in [0.25, 0.3) is 5.91 Å². The Bertz CT molecular complexity index is 593. The number of nitrogens with one attached hydrogen (secondary N) is 1. The Morgan fingerprint density at radius 2 is 2.00 bits per heavy atom. The standard InChI is InChI=1S/C14H16F2N4O/c1-9(2)12(6-20-8-17-7-18-20)19-14(21)13-10(15)4-3-5-11(13)16/h3-5,7-9,12H,6H2,1-2H3,(H,19,21). The van der Waals surface area contributed by atoms with E-state index in [1.807, 2.05) is 13.8 Å². The van der Waals surface area contributed by atoms with Gasteiger partial charge in [-0.25, -0.2) is 13.8 Å². The summed E-state index contributed by atoms with van der Waals surface area (Å²) < 4.78 is 28.8. The molecule has 0 aliphatic rings. The summed E-state index contributed by atoms with van der Waals surface area (Å²) in [7, 11) is 0. The van der Waals surface area contributed by atoms with Crippen molar-refractivity contribution < 1.29 is 13.6 Å². The molecule has 112 valence electrons. The zero-order valence-electron chi connectivity index (χ0n) is 11.8. The molecule has 1 atom stereocenters. The Labute approximate surface area is 121 Å². The summed E-state index contributed by atoms with van der Waals surface area (Å²) in [6.45, 7) is 4.18. The van der Waals surface area contributed by atoms with Crippen LogP contribution >= 0.6 is 0 Å². The van der Waals surface area contributed by atoms with Crippen LogP contribution in [0.5, 0.6) is 0 Å². The number of carbonyl (C=O) groups excluding carboxylic acids is 1. The Hall–Kier alpha value is -2.31. The topological polar surface area (TPSA) is 59.8 Å². The normalized spacial score (nSPS) is 12.4. The van der Waals surface area contributed by atoms with Crippen LogP contribution in [-0.2, 0) is 6.54 Å². The maximum absolute atomic E-state index is 13.6. The van der Waals surface area contributed by atoms with E-state index >= 15 is 0 Å². The van der Waals surface area contributed by atoms with Crippen LogP contribution in [0.4, 0.5) is 8.78 Å². The number of hydrogen-bond acceptors (Lipinski definition) is 3. The molecule has 5 nitrogen and oxygen atoms in total. The van der Waals surface area contributed by atoms with E-state index < -0.39 is 23.1 Å². The van der Waals surface area contributed by atoms with Gasteiger partial charge in [0.1, 0.15) is 29.9 Å². The maximum Gasteiger partial charge on any atom is 0.257 e. The molecule has 0 spiro atoms. The highest BCUT2D eigenvalue weighted by molar-refractivity contribution is 5.94.